The van der Waals surface area contributed by atoms with E-state index < -0.39 is 97.5 Å². The fourth-order valence-corrected chi connectivity index (χ4v) is 10.2. The van der Waals surface area contributed by atoms with Gasteiger partial charge < -0.3 is 33.8 Å². The van der Waals surface area contributed by atoms with E-state index in [-0.39, 0.29) is 25.7 Å². The third-order valence-corrected chi connectivity index (χ3v) is 15.4. The van der Waals surface area contributed by atoms with E-state index in [1.54, 1.807) is 0 Å². The second-order valence-corrected chi connectivity index (χ2v) is 25.2. The van der Waals surface area contributed by atoms with E-state index in [9.17, 15) is 43.2 Å². The van der Waals surface area contributed by atoms with E-state index in [4.69, 9.17) is 37.0 Å². The Hall–Kier alpha value is -1.94. The van der Waals surface area contributed by atoms with Gasteiger partial charge in [-0.2, -0.15) is 0 Å². The highest BCUT2D eigenvalue weighted by Gasteiger charge is 2.30. The molecule has 0 radical (unpaired) electrons. The molecule has 0 bridgehead atoms. The molecule has 0 aromatic carbocycles. The van der Waals surface area contributed by atoms with Crippen LogP contribution in [0.3, 0.4) is 0 Å². The molecule has 5 atom stereocenters. The molecule has 0 aromatic heterocycles. The molecule has 0 aliphatic heterocycles. The third kappa shape index (κ3) is 53.4. The number of hydrogen-bond donors (Lipinski definition) is 3. The lowest BCUT2D eigenvalue weighted by atomic mass is 10.0. The van der Waals surface area contributed by atoms with Crippen LogP contribution in [-0.4, -0.2) is 96.7 Å². The van der Waals surface area contributed by atoms with Crippen LogP contribution in [0.1, 0.15) is 286 Å². The average Bonchev–Trinajstić information content (AvgIpc) is 3.39. The highest BCUT2D eigenvalue weighted by atomic mass is 31.2. The lowest BCUT2D eigenvalue weighted by Gasteiger charge is -2.21. The Morgan fingerprint density at radius 2 is 0.590 bits per heavy atom. The van der Waals surface area contributed by atoms with Gasteiger partial charge in [0.25, 0.3) is 0 Å². The van der Waals surface area contributed by atoms with Gasteiger partial charge in [-0.15, -0.1) is 0 Å². The number of rotatable bonds is 58. The van der Waals surface area contributed by atoms with Gasteiger partial charge in [0.1, 0.15) is 19.3 Å². The Bertz CT molecular complexity index is 1550. The summed E-state index contributed by atoms with van der Waals surface area (Å²) in [7, 11) is -9.86. The van der Waals surface area contributed by atoms with Gasteiger partial charge in [0, 0.05) is 25.7 Å². The summed E-state index contributed by atoms with van der Waals surface area (Å²) >= 11 is 0. The maximum atomic E-state index is 12.9. The van der Waals surface area contributed by atoms with Crippen molar-refractivity contribution in [3.05, 3.63) is 0 Å². The predicted octanol–water partition coefficient (Wildman–Crippen LogP) is 15.7. The highest BCUT2D eigenvalue weighted by molar-refractivity contribution is 7.47. The van der Waals surface area contributed by atoms with E-state index in [2.05, 4.69) is 41.5 Å². The first kappa shape index (κ1) is 76.1. The van der Waals surface area contributed by atoms with Crippen molar-refractivity contribution < 1.29 is 80.2 Å². The third-order valence-electron chi connectivity index (χ3n) is 13.5. The number of phosphoric acid groups is 2. The van der Waals surface area contributed by atoms with Gasteiger partial charge in [-0.05, 0) is 37.5 Å². The first-order valence-corrected chi connectivity index (χ1v) is 34.0. The molecule has 0 saturated heterocycles. The second kappa shape index (κ2) is 51.9. The zero-order valence-corrected chi connectivity index (χ0v) is 51.7. The van der Waals surface area contributed by atoms with Gasteiger partial charge >= 0.3 is 39.5 Å². The van der Waals surface area contributed by atoms with Crippen LogP contribution in [0.15, 0.2) is 0 Å². The maximum Gasteiger partial charge on any atom is 0.472 e. The van der Waals surface area contributed by atoms with E-state index in [1.807, 2.05) is 0 Å². The minimum Gasteiger partial charge on any atom is -0.462 e. The molecule has 0 fully saturated rings. The summed E-state index contributed by atoms with van der Waals surface area (Å²) in [6, 6.07) is 0. The minimum absolute atomic E-state index is 0.102. The van der Waals surface area contributed by atoms with Gasteiger partial charge in [-0.25, -0.2) is 9.13 Å². The van der Waals surface area contributed by atoms with E-state index in [0.717, 1.165) is 121 Å². The zero-order valence-electron chi connectivity index (χ0n) is 50.0. The van der Waals surface area contributed by atoms with Gasteiger partial charge in [0.2, 0.25) is 0 Å². The molecule has 0 aliphatic carbocycles. The Balaban J connectivity index is 5.16. The van der Waals surface area contributed by atoms with Crippen molar-refractivity contribution in [3.63, 3.8) is 0 Å². The number of phosphoric ester groups is 2. The Labute approximate surface area is 473 Å². The lowest BCUT2D eigenvalue weighted by Crippen LogP contribution is -2.30. The first-order valence-electron chi connectivity index (χ1n) is 31.0. The number of ether oxygens (including phenoxy) is 4. The Morgan fingerprint density at radius 1 is 0.346 bits per heavy atom. The molecular formula is C59H114O17P2. The molecule has 0 aromatic rings. The minimum atomic E-state index is -4.94. The normalized spacial score (nSPS) is 14.4. The van der Waals surface area contributed by atoms with Crippen LogP contribution in [0.5, 0.6) is 0 Å². The maximum absolute atomic E-state index is 12.9. The molecule has 0 saturated carbocycles. The number of unbranched alkanes of at least 4 members (excludes halogenated alkanes) is 28. The summed E-state index contributed by atoms with van der Waals surface area (Å²) in [5.41, 5.74) is 0. The first-order chi connectivity index (χ1) is 37.4. The zero-order chi connectivity index (χ0) is 58.0. The van der Waals surface area contributed by atoms with Crippen molar-refractivity contribution in [1.29, 1.82) is 0 Å². The van der Waals surface area contributed by atoms with Crippen molar-refractivity contribution in [2.75, 3.05) is 39.6 Å². The standard InChI is InChI=1S/C59H114O17P2/c1-7-9-11-13-22-31-37-43-58(63)75-54(47-69-56(61)41-35-27-12-10-8-2)49-73-77(65,66)71-45-53(60)46-72-78(67,68)74-50-55(48-70-57(62)42-36-30-25-21-20-24-29-34-40-52(5)6)76-59(64)44-38-32-26-19-17-15-14-16-18-23-28-33-39-51(3)4/h51-55,60H,7-50H2,1-6H3,(H,65,66)(H,67,68)/t53-,54+,55+/m0/s1. The second-order valence-electron chi connectivity index (χ2n) is 22.3. The molecule has 0 rings (SSSR count). The molecule has 17 nitrogen and oxygen atoms in total. The molecule has 0 amide bonds. The number of carbonyl (C=O) groups excluding carboxylic acids is 4. The molecule has 0 aliphatic rings. The number of aliphatic hydroxyl groups is 1. The van der Waals surface area contributed by atoms with Crippen LogP contribution in [0.2, 0.25) is 0 Å². The number of hydrogen-bond acceptors (Lipinski definition) is 15. The van der Waals surface area contributed by atoms with E-state index in [0.29, 0.717) is 25.7 Å². The van der Waals surface area contributed by atoms with Crippen LogP contribution >= 0.6 is 15.6 Å². The van der Waals surface area contributed by atoms with E-state index in [1.165, 1.54) is 83.5 Å². The van der Waals surface area contributed by atoms with Crippen molar-refractivity contribution in [2.24, 2.45) is 11.8 Å². The van der Waals surface area contributed by atoms with Crippen LogP contribution < -0.4 is 0 Å². The van der Waals surface area contributed by atoms with Crippen LogP contribution in [0.25, 0.3) is 0 Å². The summed E-state index contributed by atoms with van der Waals surface area (Å²) in [4.78, 5) is 71.6. The fourth-order valence-electron chi connectivity index (χ4n) is 8.65. The SMILES string of the molecule is CCCCCCCCCC(=O)O[C@H](COC(=O)CCCCCCC)COP(=O)(O)OC[C@H](O)COP(=O)(O)OC[C@@H](COC(=O)CCCCCCCCCCC(C)C)OC(=O)CCCCCCCCCCCCCCC(C)C. The predicted molar refractivity (Wildman–Crippen MR) is 308 cm³/mol. The smallest absolute Gasteiger partial charge is 0.462 e. The topological polar surface area (TPSA) is 237 Å². The molecule has 0 heterocycles. The summed E-state index contributed by atoms with van der Waals surface area (Å²) in [5, 5.41) is 10.5. The van der Waals surface area contributed by atoms with Crippen LogP contribution in [-0.2, 0) is 65.4 Å². The van der Waals surface area contributed by atoms with Crippen molar-refractivity contribution in [3.8, 4) is 0 Å². The number of esters is 4. The molecule has 3 N–H and O–H groups in total. The summed E-state index contributed by atoms with van der Waals surface area (Å²) in [5.74, 6) is -0.654. The van der Waals surface area contributed by atoms with Crippen LogP contribution in [0, 0.1) is 11.8 Å². The molecule has 78 heavy (non-hydrogen) atoms. The van der Waals surface area contributed by atoms with E-state index >= 15 is 0 Å². The number of carbonyl (C=O) groups is 4. The monoisotopic (exact) mass is 1160 g/mol. The van der Waals surface area contributed by atoms with Gasteiger partial charge in [-0.3, -0.25) is 37.3 Å². The molecule has 462 valence electrons. The van der Waals surface area contributed by atoms with Gasteiger partial charge in [0.05, 0.1) is 26.4 Å². The Morgan fingerprint density at radius 3 is 0.872 bits per heavy atom. The van der Waals surface area contributed by atoms with Crippen LogP contribution in [0.4, 0.5) is 0 Å². The summed E-state index contributed by atoms with van der Waals surface area (Å²) in [6.07, 6.45) is 32.6. The number of aliphatic hydroxyl groups excluding tert-OH is 1. The largest absolute Gasteiger partial charge is 0.472 e. The van der Waals surface area contributed by atoms with Gasteiger partial charge in [0.15, 0.2) is 12.2 Å². The van der Waals surface area contributed by atoms with Crippen molar-refractivity contribution in [2.45, 2.75) is 304 Å². The fraction of sp³-hybridized carbons (Fsp3) is 0.932. The highest BCUT2D eigenvalue weighted by Crippen LogP contribution is 2.45. The Kier molecular flexibility index (Phi) is 50.6. The molecular weight excluding hydrogens is 1040 g/mol. The van der Waals surface area contributed by atoms with Gasteiger partial charge in [-0.1, -0.05) is 234 Å². The van der Waals surface area contributed by atoms with Crippen molar-refractivity contribution in [1.82, 2.24) is 0 Å². The van der Waals surface area contributed by atoms with Crippen molar-refractivity contribution >= 4 is 39.5 Å². The molecule has 2 unspecified atom stereocenters. The summed E-state index contributed by atoms with van der Waals surface area (Å²) in [6.45, 7) is 9.30. The average molecular weight is 1160 g/mol. The summed E-state index contributed by atoms with van der Waals surface area (Å²) < 4.78 is 67.5. The molecule has 0 spiro atoms. The quantitative estimate of drug-likeness (QED) is 0.0222. The lowest BCUT2D eigenvalue weighted by molar-refractivity contribution is -0.161. The molecule has 19 heteroatoms.